The van der Waals surface area contributed by atoms with Gasteiger partial charge in [-0.2, -0.15) is 0 Å². The first-order chi connectivity index (χ1) is 7.27. The Labute approximate surface area is 96.9 Å². The molecule has 0 radical (unpaired) electrons. The van der Waals surface area contributed by atoms with Crippen molar-refractivity contribution in [2.24, 2.45) is 11.7 Å². The fraction of sp³-hybridized carbons (Fsp3) is 0.750. The maximum atomic E-state index is 6.24. The summed E-state index contributed by atoms with van der Waals surface area (Å²) in [5.41, 5.74) is 8.12. The minimum atomic E-state index is 0.307. The van der Waals surface area contributed by atoms with E-state index < -0.39 is 0 Å². The van der Waals surface area contributed by atoms with Crippen LogP contribution in [-0.2, 0) is 6.42 Å². The molecule has 1 aromatic heterocycles. The summed E-state index contributed by atoms with van der Waals surface area (Å²) in [7, 11) is 0. The smallest absolute Gasteiger partial charge is 0.0794 e. The second kappa shape index (κ2) is 6.96. The molecular formula is C12H22N2S. The van der Waals surface area contributed by atoms with Gasteiger partial charge in [0, 0.05) is 17.1 Å². The van der Waals surface area contributed by atoms with Gasteiger partial charge in [-0.3, -0.25) is 4.98 Å². The van der Waals surface area contributed by atoms with E-state index in [4.69, 9.17) is 5.73 Å². The van der Waals surface area contributed by atoms with E-state index in [1.165, 1.54) is 30.6 Å². The van der Waals surface area contributed by atoms with Crippen LogP contribution in [0.25, 0.3) is 0 Å². The minimum absolute atomic E-state index is 0.307. The maximum Gasteiger partial charge on any atom is 0.0794 e. The van der Waals surface area contributed by atoms with Crippen LogP contribution in [0.2, 0.25) is 0 Å². The summed E-state index contributed by atoms with van der Waals surface area (Å²) in [6, 6.07) is 0.307. The van der Waals surface area contributed by atoms with Gasteiger partial charge in [0.05, 0.1) is 5.51 Å². The third kappa shape index (κ3) is 4.31. The van der Waals surface area contributed by atoms with Gasteiger partial charge in [-0.15, -0.1) is 11.3 Å². The predicted octanol–water partition coefficient (Wildman–Crippen LogP) is 3.23. The Kier molecular flexibility index (Phi) is 5.88. The SMILES string of the molecule is CCCCC(CC)C(N)Cc1cncs1. The number of aromatic nitrogens is 1. The number of hydrogen-bond donors (Lipinski definition) is 1. The summed E-state index contributed by atoms with van der Waals surface area (Å²) >= 11 is 1.71. The number of nitrogens with zero attached hydrogens (tertiary/aromatic N) is 1. The summed E-state index contributed by atoms with van der Waals surface area (Å²) in [5.74, 6) is 0.673. The zero-order valence-electron chi connectivity index (χ0n) is 9.78. The molecule has 2 nitrogen and oxygen atoms in total. The van der Waals surface area contributed by atoms with Gasteiger partial charge in [-0.05, 0) is 18.8 Å². The lowest BCUT2D eigenvalue weighted by molar-refractivity contribution is 0.370. The number of nitrogens with two attached hydrogens (primary N) is 1. The third-order valence-electron chi connectivity index (χ3n) is 2.98. The van der Waals surface area contributed by atoms with Gasteiger partial charge in [-0.25, -0.2) is 0 Å². The molecule has 0 spiro atoms. The van der Waals surface area contributed by atoms with E-state index in [2.05, 4.69) is 18.8 Å². The summed E-state index contributed by atoms with van der Waals surface area (Å²) in [6.07, 6.45) is 7.97. The first kappa shape index (κ1) is 12.7. The first-order valence-electron chi connectivity index (χ1n) is 5.90. The van der Waals surface area contributed by atoms with Crippen LogP contribution in [0.4, 0.5) is 0 Å². The lowest BCUT2D eigenvalue weighted by Crippen LogP contribution is -2.31. The number of hydrogen-bond acceptors (Lipinski definition) is 3. The predicted molar refractivity (Wildman–Crippen MR) is 67.1 cm³/mol. The van der Waals surface area contributed by atoms with Gasteiger partial charge in [0.2, 0.25) is 0 Å². The molecule has 0 aliphatic carbocycles. The molecule has 0 aromatic carbocycles. The van der Waals surface area contributed by atoms with E-state index in [0.717, 1.165) is 6.42 Å². The van der Waals surface area contributed by atoms with Crippen molar-refractivity contribution in [1.29, 1.82) is 0 Å². The molecule has 0 aliphatic heterocycles. The summed E-state index contributed by atoms with van der Waals surface area (Å²) in [5, 5.41) is 0. The highest BCUT2D eigenvalue weighted by Gasteiger charge is 2.16. The molecule has 0 saturated carbocycles. The molecule has 3 heteroatoms. The van der Waals surface area contributed by atoms with Crippen molar-refractivity contribution in [2.45, 2.75) is 52.0 Å². The Morgan fingerprint density at radius 3 is 2.80 bits per heavy atom. The van der Waals surface area contributed by atoms with E-state index in [-0.39, 0.29) is 0 Å². The van der Waals surface area contributed by atoms with E-state index in [9.17, 15) is 0 Å². The average molecular weight is 226 g/mol. The third-order valence-corrected chi connectivity index (χ3v) is 3.78. The summed E-state index contributed by atoms with van der Waals surface area (Å²) in [6.45, 7) is 4.48. The quantitative estimate of drug-likeness (QED) is 0.775. The van der Waals surface area contributed by atoms with Gasteiger partial charge in [0.15, 0.2) is 0 Å². The van der Waals surface area contributed by atoms with Crippen molar-refractivity contribution < 1.29 is 0 Å². The fourth-order valence-corrected chi connectivity index (χ4v) is 2.60. The molecule has 0 aliphatic rings. The summed E-state index contributed by atoms with van der Waals surface area (Å²) in [4.78, 5) is 5.40. The molecule has 0 amide bonds. The fourth-order valence-electron chi connectivity index (χ4n) is 1.93. The van der Waals surface area contributed by atoms with Crippen LogP contribution in [0.15, 0.2) is 11.7 Å². The molecule has 0 saturated heterocycles. The van der Waals surface area contributed by atoms with Crippen LogP contribution in [0, 0.1) is 5.92 Å². The minimum Gasteiger partial charge on any atom is -0.327 e. The van der Waals surface area contributed by atoms with Crippen LogP contribution in [0.5, 0.6) is 0 Å². The number of thiazole rings is 1. The molecule has 0 fully saturated rings. The van der Waals surface area contributed by atoms with Crippen LogP contribution in [0.1, 0.15) is 44.4 Å². The Hall–Kier alpha value is -0.410. The standard InChI is InChI=1S/C12H22N2S/c1-3-5-6-10(4-2)12(13)7-11-8-14-9-15-11/h8-10,12H,3-7,13H2,1-2H3. The molecule has 2 N–H and O–H groups in total. The van der Waals surface area contributed by atoms with E-state index in [1.807, 2.05) is 11.7 Å². The van der Waals surface area contributed by atoms with Crippen molar-refractivity contribution in [2.75, 3.05) is 0 Å². The Bertz CT molecular complexity index is 246. The first-order valence-corrected chi connectivity index (χ1v) is 6.78. The summed E-state index contributed by atoms with van der Waals surface area (Å²) < 4.78 is 0. The topological polar surface area (TPSA) is 38.9 Å². The molecule has 2 atom stereocenters. The number of unbranched alkanes of at least 4 members (excludes halogenated alkanes) is 1. The Morgan fingerprint density at radius 1 is 1.47 bits per heavy atom. The second-order valence-electron chi connectivity index (χ2n) is 4.15. The second-order valence-corrected chi connectivity index (χ2v) is 5.12. The molecule has 1 rings (SSSR count). The molecule has 15 heavy (non-hydrogen) atoms. The normalized spacial score (nSPS) is 15.1. The van der Waals surface area contributed by atoms with Gasteiger partial charge < -0.3 is 5.73 Å². The van der Waals surface area contributed by atoms with Crippen LogP contribution in [-0.4, -0.2) is 11.0 Å². The highest BCUT2D eigenvalue weighted by atomic mass is 32.1. The van der Waals surface area contributed by atoms with Crippen molar-refractivity contribution >= 4 is 11.3 Å². The molecule has 1 heterocycles. The Morgan fingerprint density at radius 2 is 2.27 bits per heavy atom. The van der Waals surface area contributed by atoms with Crippen LogP contribution in [0.3, 0.4) is 0 Å². The Balaban J connectivity index is 2.39. The van der Waals surface area contributed by atoms with Crippen LogP contribution >= 0.6 is 11.3 Å². The molecular weight excluding hydrogens is 204 g/mol. The zero-order chi connectivity index (χ0) is 11.1. The average Bonchev–Trinajstić information content (AvgIpc) is 2.71. The highest BCUT2D eigenvalue weighted by molar-refractivity contribution is 7.09. The zero-order valence-corrected chi connectivity index (χ0v) is 10.6. The van der Waals surface area contributed by atoms with Gasteiger partial charge in [0.1, 0.15) is 0 Å². The molecule has 0 bridgehead atoms. The van der Waals surface area contributed by atoms with Crippen molar-refractivity contribution in [3.05, 3.63) is 16.6 Å². The highest BCUT2D eigenvalue weighted by Crippen LogP contribution is 2.19. The van der Waals surface area contributed by atoms with Gasteiger partial charge in [0.25, 0.3) is 0 Å². The van der Waals surface area contributed by atoms with Gasteiger partial charge in [-0.1, -0.05) is 33.1 Å². The maximum absolute atomic E-state index is 6.24. The molecule has 1 aromatic rings. The van der Waals surface area contributed by atoms with Crippen LogP contribution < -0.4 is 5.73 Å². The molecule has 2 unspecified atom stereocenters. The van der Waals surface area contributed by atoms with E-state index in [1.54, 1.807) is 11.3 Å². The van der Waals surface area contributed by atoms with Crippen molar-refractivity contribution in [1.82, 2.24) is 4.98 Å². The van der Waals surface area contributed by atoms with E-state index >= 15 is 0 Å². The number of rotatable bonds is 7. The monoisotopic (exact) mass is 226 g/mol. The van der Waals surface area contributed by atoms with Crippen molar-refractivity contribution in [3.63, 3.8) is 0 Å². The van der Waals surface area contributed by atoms with Crippen molar-refractivity contribution in [3.8, 4) is 0 Å². The van der Waals surface area contributed by atoms with Gasteiger partial charge >= 0.3 is 0 Å². The molecule has 86 valence electrons. The largest absolute Gasteiger partial charge is 0.327 e. The lowest BCUT2D eigenvalue weighted by atomic mass is 9.90. The van der Waals surface area contributed by atoms with E-state index in [0.29, 0.717) is 12.0 Å². The lowest BCUT2D eigenvalue weighted by Gasteiger charge is -2.21.